The third-order valence-corrected chi connectivity index (χ3v) is 7.86. The molecule has 178 valence electrons. The molecule has 0 atom stereocenters. The fourth-order valence-electron chi connectivity index (χ4n) is 5.54. The largest absolute Gasteiger partial charge is 0.285 e. The van der Waals surface area contributed by atoms with E-state index in [4.69, 9.17) is 0 Å². The van der Waals surface area contributed by atoms with Gasteiger partial charge < -0.3 is 0 Å². The van der Waals surface area contributed by atoms with Crippen LogP contribution in [0, 0.1) is 0 Å². The predicted octanol–water partition coefficient (Wildman–Crippen LogP) is 6.52. The first-order valence-corrected chi connectivity index (χ1v) is 13.1. The summed E-state index contributed by atoms with van der Waals surface area (Å²) in [5.41, 5.74) is 10.4. The first-order valence-electron chi connectivity index (χ1n) is 13.1. The Morgan fingerprint density at radius 1 is 0.361 bits per heavy atom. The van der Waals surface area contributed by atoms with Crippen molar-refractivity contribution in [3.8, 4) is 0 Å². The molecule has 0 aliphatic heterocycles. The highest BCUT2D eigenvalue weighted by Gasteiger charge is 2.24. The molecule has 0 fully saturated rings. The van der Waals surface area contributed by atoms with Crippen molar-refractivity contribution in [3.05, 3.63) is 141 Å². The molecular weight excluding hydrogens is 440 g/mol. The molecule has 0 saturated heterocycles. The summed E-state index contributed by atoms with van der Waals surface area (Å²) in [6.45, 7) is 0. The van der Waals surface area contributed by atoms with Crippen molar-refractivity contribution in [1.29, 1.82) is 0 Å². The van der Waals surface area contributed by atoms with Gasteiger partial charge in [-0.2, -0.15) is 0 Å². The van der Waals surface area contributed by atoms with Gasteiger partial charge in [0.1, 0.15) is 0 Å². The van der Waals surface area contributed by atoms with Crippen molar-refractivity contribution in [3.63, 3.8) is 0 Å². The molecule has 0 unspecified atom stereocenters. The van der Waals surface area contributed by atoms with E-state index in [-0.39, 0.29) is 11.6 Å². The van der Waals surface area contributed by atoms with Gasteiger partial charge in [-0.05, 0) is 108 Å². The Hall–Kier alpha value is -3.78. The van der Waals surface area contributed by atoms with Crippen LogP contribution in [-0.4, -0.2) is 11.6 Å². The smallest absolute Gasteiger partial charge is 0.233 e. The van der Waals surface area contributed by atoms with Gasteiger partial charge in [-0.25, -0.2) is 0 Å². The van der Waals surface area contributed by atoms with Gasteiger partial charge >= 0.3 is 0 Å². The van der Waals surface area contributed by atoms with E-state index in [1.54, 1.807) is 0 Å². The lowest BCUT2D eigenvalue weighted by atomic mass is 9.87. The fourth-order valence-corrected chi connectivity index (χ4v) is 5.54. The first kappa shape index (κ1) is 22.7. The van der Waals surface area contributed by atoms with Gasteiger partial charge in [0.25, 0.3) is 0 Å². The third-order valence-electron chi connectivity index (χ3n) is 7.86. The molecule has 0 spiro atoms. The quantitative estimate of drug-likeness (QED) is 0.252. The molecule has 0 N–H and O–H groups in total. The number of benzene rings is 4. The van der Waals surface area contributed by atoms with Crippen LogP contribution >= 0.6 is 0 Å². The van der Waals surface area contributed by atoms with E-state index in [2.05, 4.69) is 72.8 Å². The maximum atomic E-state index is 13.8. The Morgan fingerprint density at radius 3 is 1.00 bits per heavy atom. The van der Waals surface area contributed by atoms with Gasteiger partial charge in [-0.1, -0.05) is 72.8 Å². The normalized spacial score (nSPS) is 14.6. The maximum absolute atomic E-state index is 13.8. The monoisotopic (exact) mass is 470 g/mol. The fraction of sp³-hybridized carbons (Fsp3) is 0.235. The van der Waals surface area contributed by atoms with Crippen LogP contribution in [0.4, 0.5) is 0 Å². The van der Waals surface area contributed by atoms with Crippen molar-refractivity contribution in [2.45, 2.75) is 51.4 Å². The summed E-state index contributed by atoms with van der Waals surface area (Å²) < 4.78 is 0. The highest BCUT2D eigenvalue weighted by molar-refractivity contribution is 6.49. The number of rotatable bonds is 3. The molecule has 36 heavy (non-hydrogen) atoms. The van der Waals surface area contributed by atoms with Crippen LogP contribution in [0.2, 0.25) is 0 Å². The molecule has 0 radical (unpaired) electrons. The topological polar surface area (TPSA) is 34.1 Å². The number of aryl methyl sites for hydroxylation is 8. The van der Waals surface area contributed by atoms with E-state index in [1.165, 1.54) is 22.3 Å². The van der Waals surface area contributed by atoms with Crippen LogP contribution in [0.5, 0.6) is 0 Å². The molecule has 2 nitrogen and oxygen atoms in total. The number of carbonyl (C=O) groups excluding carboxylic acids is 2. The van der Waals surface area contributed by atoms with Gasteiger partial charge in [0.2, 0.25) is 11.6 Å². The van der Waals surface area contributed by atoms with E-state index in [9.17, 15) is 9.59 Å². The average Bonchev–Trinajstić information content (AvgIpc) is 2.91. The van der Waals surface area contributed by atoms with Crippen molar-refractivity contribution in [2.24, 2.45) is 0 Å². The Balaban J connectivity index is 1.34. The van der Waals surface area contributed by atoms with Crippen LogP contribution in [0.1, 0.15) is 65.2 Å². The first-order chi connectivity index (χ1) is 17.6. The zero-order valence-corrected chi connectivity index (χ0v) is 20.6. The lowest BCUT2D eigenvalue weighted by Crippen LogP contribution is -2.19. The molecular formula is C34H30O2. The van der Waals surface area contributed by atoms with Crippen molar-refractivity contribution in [2.75, 3.05) is 0 Å². The van der Waals surface area contributed by atoms with E-state index in [0.29, 0.717) is 11.1 Å². The molecule has 12 rings (SSSR count). The summed E-state index contributed by atoms with van der Waals surface area (Å²) in [5, 5.41) is 0. The highest BCUT2D eigenvalue weighted by Crippen LogP contribution is 2.24. The Morgan fingerprint density at radius 2 is 0.639 bits per heavy atom. The molecule has 8 aliphatic carbocycles. The second-order valence-corrected chi connectivity index (χ2v) is 10.3. The van der Waals surface area contributed by atoms with Gasteiger partial charge in [0.05, 0.1) is 0 Å². The minimum atomic E-state index is -0.369. The molecule has 2 heteroatoms. The van der Waals surface area contributed by atoms with Gasteiger partial charge in [-0.3, -0.25) is 9.59 Å². The molecule has 8 bridgehead atoms. The van der Waals surface area contributed by atoms with Crippen LogP contribution < -0.4 is 0 Å². The molecule has 4 aromatic carbocycles. The Kier molecular flexibility index (Phi) is 6.11. The van der Waals surface area contributed by atoms with E-state index in [0.717, 1.165) is 73.6 Å². The predicted molar refractivity (Wildman–Crippen MR) is 144 cm³/mol. The van der Waals surface area contributed by atoms with E-state index in [1.807, 2.05) is 12.1 Å². The lowest BCUT2D eigenvalue weighted by molar-refractivity contribution is 0.0815. The number of carbonyl (C=O) groups is 2. The zero-order valence-electron chi connectivity index (χ0n) is 20.6. The Labute approximate surface area is 213 Å². The maximum Gasteiger partial charge on any atom is 0.233 e. The van der Waals surface area contributed by atoms with Crippen LogP contribution in [0.15, 0.2) is 84.9 Å². The van der Waals surface area contributed by atoms with Gasteiger partial charge in [-0.15, -0.1) is 0 Å². The third kappa shape index (κ3) is 4.68. The van der Waals surface area contributed by atoms with Crippen molar-refractivity contribution >= 4 is 11.6 Å². The second kappa shape index (κ2) is 9.70. The van der Waals surface area contributed by atoms with Gasteiger partial charge in [0.15, 0.2) is 0 Å². The Bertz CT molecular complexity index is 1330. The number of Topliss-reactive ketones (excluding diaryl/α,β-unsaturated/α-hetero) is 2. The average molecular weight is 471 g/mol. The SMILES string of the molecule is O=C(C(=O)c1cc2ccc1CCc1ccc(cc1)CC2)c1cc2ccc1CCc1ccc(cc1)CC2. The highest BCUT2D eigenvalue weighted by atomic mass is 16.2. The molecule has 4 aromatic rings. The van der Waals surface area contributed by atoms with E-state index >= 15 is 0 Å². The summed E-state index contributed by atoms with van der Waals surface area (Å²) in [7, 11) is 0. The number of ketones is 2. The molecule has 0 heterocycles. The van der Waals surface area contributed by atoms with Crippen LogP contribution in [0.25, 0.3) is 0 Å². The van der Waals surface area contributed by atoms with E-state index < -0.39 is 0 Å². The van der Waals surface area contributed by atoms with Crippen molar-refractivity contribution < 1.29 is 9.59 Å². The van der Waals surface area contributed by atoms with Gasteiger partial charge in [0, 0.05) is 11.1 Å². The second-order valence-electron chi connectivity index (χ2n) is 10.3. The lowest BCUT2D eigenvalue weighted by Gasteiger charge is -2.16. The summed E-state index contributed by atoms with van der Waals surface area (Å²) >= 11 is 0. The molecule has 0 saturated carbocycles. The molecule has 8 aliphatic rings. The summed E-state index contributed by atoms with van der Waals surface area (Å²) in [4.78, 5) is 27.6. The summed E-state index contributed by atoms with van der Waals surface area (Å²) in [6.07, 6.45) is 6.76. The molecule has 0 amide bonds. The van der Waals surface area contributed by atoms with Crippen LogP contribution in [0.3, 0.4) is 0 Å². The van der Waals surface area contributed by atoms with Crippen molar-refractivity contribution in [1.82, 2.24) is 0 Å². The minimum absolute atomic E-state index is 0.369. The number of hydrogen-bond acceptors (Lipinski definition) is 2. The molecule has 0 aromatic heterocycles. The standard InChI is InChI=1S/C34H30O2/c35-33(31-21-27-11-9-23-1-5-25(6-2-23)13-17-29(31)19-15-27)34(36)32-22-28-12-10-24-3-7-26(8-4-24)14-18-30(32)20-16-28/h1-8,15-16,19-22H,9-14,17-18H2. The zero-order chi connectivity index (χ0) is 24.5. The summed E-state index contributed by atoms with van der Waals surface area (Å²) in [5.74, 6) is -0.738. The summed E-state index contributed by atoms with van der Waals surface area (Å²) in [6, 6.07) is 29.9. The van der Waals surface area contributed by atoms with Crippen LogP contribution in [-0.2, 0) is 51.4 Å². The minimum Gasteiger partial charge on any atom is -0.285 e. The number of hydrogen-bond donors (Lipinski definition) is 0.